The summed E-state index contributed by atoms with van der Waals surface area (Å²) in [5, 5.41) is 0.910. The minimum Gasteiger partial charge on any atom is -0.444 e. The maximum absolute atomic E-state index is 13.6. The quantitative estimate of drug-likeness (QED) is 0.0985. The van der Waals surface area contributed by atoms with E-state index >= 15 is 0 Å². The fraction of sp³-hybridized carbons (Fsp3) is 0.0690. The van der Waals surface area contributed by atoms with Gasteiger partial charge in [0.05, 0.1) is 33.1 Å². The molecule has 5 nitrogen and oxygen atoms in total. The molecule has 0 amide bonds. The number of alkyl halides is 6. The van der Waals surface area contributed by atoms with Gasteiger partial charge in [-0.1, -0.05) is 48.5 Å². The lowest BCUT2D eigenvalue weighted by Crippen LogP contribution is -2.20. The molecule has 6 aromatic rings. The third kappa shape index (κ3) is 4.97. The van der Waals surface area contributed by atoms with Crippen LogP contribution in [0.5, 0.6) is 5.88 Å². The first-order chi connectivity index (χ1) is 19.5. The first kappa shape index (κ1) is 26.7. The summed E-state index contributed by atoms with van der Waals surface area (Å²) < 4.78 is 87.2. The van der Waals surface area contributed by atoms with Crippen molar-refractivity contribution in [1.29, 1.82) is 0 Å². The van der Waals surface area contributed by atoms with E-state index in [0.29, 0.717) is 21.9 Å². The zero-order valence-electron chi connectivity index (χ0n) is 20.6. The smallest absolute Gasteiger partial charge is 0.416 e. The molecule has 2 heterocycles. The predicted molar refractivity (Wildman–Crippen MR) is 144 cm³/mol. The molecule has 0 N–H and O–H groups in total. The second-order valence-corrected chi connectivity index (χ2v) is 10.8. The summed E-state index contributed by atoms with van der Waals surface area (Å²) in [6.07, 6.45) is -9.17. The number of aromatic nitrogens is 3. The first-order valence-corrected chi connectivity index (χ1v) is 13.3. The number of hydrogen-bond donors (Lipinski definition) is 0. The van der Waals surface area contributed by atoms with Gasteiger partial charge in [-0.25, -0.2) is 9.97 Å². The van der Waals surface area contributed by atoms with Crippen LogP contribution in [-0.4, -0.2) is 14.4 Å². The third-order valence-corrected chi connectivity index (χ3v) is 8.24. The highest BCUT2D eigenvalue weighted by atomic mass is 31.1. The van der Waals surface area contributed by atoms with Gasteiger partial charge in [0.25, 0.3) is 11.4 Å². The van der Waals surface area contributed by atoms with Gasteiger partial charge < -0.3 is 4.52 Å². The van der Waals surface area contributed by atoms with Gasteiger partial charge in [-0.15, -0.1) is 0 Å². The fourth-order valence-corrected chi connectivity index (χ4v) is 6.02. The Labute approximate surface area is 228 Å². The van der Waals surface area contributed by atoms with Gasteiger partial charge in [0.15, 0.2) is 8.15 Å². The molecule has 0 saturated heterocycles. The molecule has 4 aromatic carbocycles. The number of fused-ring (bicyclic) bond motifs is 4. The van der Waals surface area contributed by atoms with E-state index < -0.39 is 31.6 Å². The molecule has 206 valence electrons. The lowest BCUT2D eigenvalue weighted by molar-refractivity contribution is -0.138. The summed E-state index contributed by atoms with van der Waals surface area (Å²) in [5.74, 6) is -0.0996. The summed E-state index contributed by atoms with van der Waals surface area (Å²) in [6.45, 7) is 0. The number of benzene rings is 4. The molecule has 2 aromatic heterocycles. The molecule has 0 aliphatic heterocycles. The summed E-state index contributed by atoms with van der Waals surface area (Å²) in [5.41, 5.74) is -0.917. The molecule has 0 saturated carbocycles. The van der Waals surface area contributed by atoms with Crippen LogP contribution in [-0.2, 0) is 12.4 Å². The Hall–Kier alpha value is -4.50. The van der Waals surface area contributed by atoms with E-state index in [1.54, 1.807) is 48.5 Å². The predicted octanol–water partition coefficient (Wildman–Crippen LogP) is 6.86. The summed E-state index contributed by atoms with van der Waals surface area (Å²) in [4.78, 5) is 22.8. The standard InChI is InChI=1S/C29H16F6N3O2P/c30-28(31,32)17-9-13-19(14-10-17)41(20-15-11-18(12-16-20)29(33,34)35)40-26-25-36-22-6-2-1-5-21(22)27(39)38(25)24-8-4-3-7-23(24)37-26/h1-16H. The zero-order chi connectivity index (χ0) is 28.9. The number of halogens is 6. The summed E-state index contributed by atoms with van der Waals surface area (Å²) >= 11 is 0. The Morgan fingerprint density at radius 2 is 1.15 bits per heavy atom. The van der Waals surface area contributed by atoms with Gasteiger partial charge in [-0.3, -0.25) is 9.20 Å². The highest BCUT2D eigenvalue weighted by molar-refractivity contribution is 7.68. The van der Waals surface area contributed by atoms with Crippen LogP contribution in [0.4, 0.5) is 26.3 Å². The van der Waals surface area contributed by atoms with Crippen molar-refractivity contribution in [3.05, 3.63) is 119 Å². The zero-order valence-corrected chi connectivity index (χ0v) is 21.5. The summed E-state index contributed by atoms with van der Waals surface area (Å²) in [7, 11) is -2.06. The van der Waals surface area contributed by atoms with Crippen molar-refractivity contribution in [1.82, 2.24) is 14.4 Å². The highest BCUT2D eigenvalue weighted by Gasteiger charge is 2.32. The largest absolute Gasteiger partial charge is 0.444 e. The number of nitrogens with zero attached hydrogens (tertiary/aromatic N) is 3. The van der Waals surface area contributed by atoms with Gasteiger partial charge in [-0.2, -0.15) is 26.3 Å². The Bertz CT molecular complexity index is 1910. The molecule has 0 atom stereocenters. The molecule has 0 aliphatic carbocycles. The number of rotatable bonds is 4. The minimum atomic E-state index is -4.58. The van der Waals surface area contributed by atoms with Gasteiger partial charge in [0, 0.05) is 10.6 Å². The first-order valence-electron chi connectivity index (χ1n) is 12.0. The van der Waals surface area contributed by atoms with Crippen LogP contribution in [0.3, 0.4) is 0 Å². The monoisotopic (exact) mass is 583 g/mol. The molecule has 12 heteroatoms. The molecule has 0 radical (unpaired) electrons. The maximum atomic E-state index is 13.6. The van der Waals surface area contributed by atoms with Crippen LogP contribution in [0.15, 0.2) is 102 Å². The van der Waals surface area contributed by atoms with Crippen LogP contribution in [0.25, 0.3) is 27.6 Å². The Kier molecular flexibility index (Phi) is 6.42. The highest BCUT2D eigenvalue weighted by Crippen LogP contribution is 2.40. The van der Waals surface area contributed by atoms with E-state index in [1.165, 1.54) is 28.7 Å². The van der Waals surface area contributed by atoms with Crippen molar-refractivity contribution >= 4 is 46.3 Å². The molecule has 41 heavy (non-hydrogen) atoms. The van der Waals surface area contributed by atoms with Gasteiger partial charge >= 0.3 is 12.4 Å². The number of hydrogen-bond acceptors (Lipinski definition) is 4. The van der Waals surface area contributed by atoms with Crippen molar-refractivity contribution in [3.8, 4) is 5.88 Å². The summed E-state index contributed by atoms with van der Waals surface area (Å²) in [6, 6.07) is 21.8. The van der Waals surface area contributed by atoms with Gasteiger partial charge in [0.2, 0.25) is 5.65 Å². The number of para-hydroxylation sites is 3. The van der Waals surface area contributed by atoms with E-state index in [0.717, 1.165) is 24.3 Å². The van der Waals surface area contributed by atoms with Crippen LogP contribution in [0, 0.1) is 0 Å². The van der Waals surface area contributed by atoms with Crippen LogP contribution >= 0.6 is 8.15 Å². The van der Waals surface area contributed by atoms with Crippen molar-refractivity contribution in [3.63, 3.8) is 0 Å². The Morgan fingerprint density at radius 3 is 1.71 bits per heavy atom. The Morgan fingerprint density at radius 1 is 0.634 bits per heavy atom. The van der Waals surface area contributed by atoms with Crippen molar-refractivity contribution in [2.45, 2.75) is 12.4 Å². The Balaban J connectivity index is 1.57. The SMILES string of the molecule is O=c1c2ccccc2nc2c(OP(c3ccc(C(F)(F)F)cc3)c3ccc(C(F)(F)F)cc3)nc3ccccc3n12. The molecule has 0 aliphatic rings. The fourth-order valence-electron chi connectivity index (χ4n) is 4.38. The molecule has 0 spiro atoms. The van der Waals surface area contributed by atoms with E-state index in [-0.39, 0.29) is 27.7 Å². The van der Waals surface area contributed by atoms with E-state index in [1.807, 2.05) is 0 Å². The van der Waals surface area contributed by atoms with Crippen LogP contribution in [0.1, 0.15) is 11.1 Å². The van der Waals surface area contributed by atoms with Crippen molar-refractivity contribution in [2.75, 3.05) is 0 Å². The van der Waals surface area contributed by atoms with Gasteiger partial charge in [-0.05, 0) is 48.5 Å². The van der Waals surface area contributed by atoms with Crippen LogP contribution in [0.2, 0.25) is 0 Å². The second-order valence-electron chi connectivity index (χ2n) is 8.97. The molecule has 0 unspecified atom stereocenters. The van der Waals surface area contributed by atoms with E-state index in [4.69, 9.17) is 4.52 Å². The lowest BCUT2D eigenvalue weighted by atomic mass is 10.2. The van der Waals surface area contributed by atoms with Gasteiger partial charge in [0.1, 0.15) is 0 Å². The van der Waals surface area contributed by atoms with Crippen molar-refractivity contribution < 1.29 is 30.9 Å². The molecule has 0 bridgehead atoms. The average Bonchev–Trinajstić information content (AvgIpc) is 2.95. The molecular formula is C29H16F6N3O2P. The minimum absolute atomic E-state index is 0.0544. The second kappa shape index (κ2) is 9.85. The molecule has 6 rings (SSSR count). The normalized spacial score (nSPS) is 12.5. The van der Waals surface area contributed by atoms with E-state index in [2.05, 4.69) is 9.97 Å². The molecule has 0 fully saturated rings. The van der Waals surface area contributed by atoms with Crippen LogP contribution < -0.4 is 20.7 Å². The maximum Gasteiger partial charge on any atom is 0.416 e. The van der Waals surface area contributed by atoms with Crippen molar-refractivity contribution in [2.24, 2.45) is 0 Å². The molecular weight excluding hydrogens is 567 g/mol. The van der Waals surface area contributed by atoms with E-state index in [9.17, 15) is 31.1 Å². The average molecular weight is 583 g/mol. The topological polar surface area (TPSA) is 56.5 Å². The third-order valence-electron chi connectivity index (χ3n) is 6.35. The lowest BCUT2D eigenvalue weighted by Gasteiger charge is -2.21.